The monoisotopic (exact) mass is 830 g/mol. The summed E-state index contributed by atoms with van der Waals surface area (Å²) < 4.78 is 0. The van der Waals surface area contributed by atoms with E-state index in [1.807, 2.05) is 6.92 Å². The van der Waals surface area contributed by atoms with Gasteiger partial charge in [0.25, 0.3) is 0 Å². The Balaban J connectivity index is -0.000000655. The number of Topliss-reactive ketones (excluding diaryl/α,β-unsaturated/α-hetero) is 2. The lowest BCUT2D eigenvalue weighted by Crippen LogP contribution is -2.35. The maximum Gasteiger partial charge on any atom is 0.373 e. The number of aliphatic hydroxyl groups excluding tert-OH is 1. The number of carboxylic acid groups (broad SMARTS) is 8. The first-order chi connectivity index (χ1) is 27.3. The van der Waals surface area contributed by atoms with Crippen LogP contribution in [0.4, 0.5) is 0 Å². The molecule has 0 aromatic heterocycles. The summed E-state index contributed by atoms with van der Waals surface area (Å²) in [6, 6.07) is 20.2. The molecular formula is C38H38O21. The van der Waals surface area contributed by atoms with E-state index in [0.717, 1.165) is 18.6 Å². The van der Waals surface area contributed by atoms with Gasteiger partial charge in [-0.3, -0.25) is 19.2 Å². The lowest BCUT2D eigenvalue weighted by molar-refractivity contribution is -0.192. The predicted octanol–water partition coefficient (Wildman–Crippen LogP) is 2.75. The number of benzene rings is 3. The van der Waals surface area contributed by atoms with Gasteiger partial charge in [0, 0.05) is 12.5 Å². The van der Waals surface area contributed by atoms with Crippen LogP contribution in [-0.2, 0) is 38.4 Å². The zero-order valence-corrected chi connectivity index (χ0v) is 31.1. The third-order valence-corrected chi connectivity index (χ3v) is 6.20. The van der Waals surface area contributed by atoms with E-state index in [-0.39, 0.29) is 29.5 Å². The summed E-state index contributed by atoms with van der Waals surface area (Å²) in [5.41, 5.74) is 1.30. The van der Waals surface area contributed by atoms with Gasteiger partial charge in [-0.2, -0.15) is 9.59 Å². The van der Waals surface area contributed by atoms with Gasteiger partial charge in [-0.15, -0.1) is 0 Å². The maximum absolute atomic E-state index is 10.6. The number of ketones is 2. The number of aromatic carboxylic acids is 4. The van der Waals surface area contributed by atoms with E-state index in [2.05, 4.69) is 0 Å². The minimum absolute atomic E-state index is 0.0186. The highest BCUT2D eigenvalue weighted by molar-refractivity contribution is 5.99. The van der Waals surface area contributed by atoms with Crippen molar-refractivity contribution in [2.24, 2.45) is 5.92 Å². The minimum Gasteiger partial charge on any atom is -0.481 e. The van der Waals surface area contributed by atoms with Gasteiger partial charge in [0.15, 0.2) is 5.78 Å². The molecular weight excluding hydrogens is 792 g/mol. The van der Waals surface area contributed by atoms with E-state index >= 15 is 0 Å². The second-order valence-corrected chi connectivity index (χ2v) is 10.9. The standard InChI is InChI=1S/C8H6O4.C8H8O2.C7H10O6.C7H8O5.C7H6O2.CO2/c9-7(10)5-2-1-3-6(4-5)8(11)12;1-6-2-4-7(5-3-6)8(9)10;1-3(8)6(11)4(7(12)13)2-5(9)10;1-4(8)2-5(7(11)12)3-6(9)10;8-7(9)6-4-2-1-3-5-6;2-1-3/h1-4H,(H,9,10)(H,11,12);2-5H,1H3,(H,9,10);4,6,11H,2H2,1H3,(H,9,10)(H,12,13);3H,2H2,1H3,(H,9,10)(H,11,12);1-5H,(H,8,9);/b;;;5-3-;;. The SMILES string of the molecule is CC(=O)C(O)C(CC(=O)O)C(=O)O.CC(=O)C/C(=C/C(=O)O)C(=O)O.Cc1ccc(C(=O)O)cc1.O=C(O)c1cccc(C(=O)O)c1.O=C(O)c1ccccc1.O=C=O. The highest BCUT2D eigenvalue weighted by Gasteiger charge is 2.31. The molecule has 3 aromatic carbocycles. The second-order valence-electron chi connectivity index (χ2n) is 10.9. The number of aliphatic hydroxyl groups is 1. The molecule has 0 aliphatic heterocycles. The van der Waals surface area contributed by atoms with Crippen LogP contribution >= 0.6 is 0 Å². The van der Waals surface area contributed by atoms with Crippen molar-refractivity contribution >= 4 is 65.5 Å². The second kappa shape index (κ2) is 30.1. The van der Waals surface area contributed by atoms with E-state index in [1.165, 1.54) is 25.1 Å². The number of rotatable bonds is 13. The molecule has 3 rings (SSSR count). The molecule has 0 heterocycles. The van der Waals surface area contributed by atoms with Crippen molar-refractivity contribution in [3.63, 3.8) is 0 Å². The fourth-order valence-electron chi connectivity index (χ4n) is 3.47. The minimum atomic E-state index is -1.76. The molecule has 0 bridgehead atoms. The Hall–Kier alpha value is -8.16. The molecule has 3 aromatic rings. The lowest BCUT2D eigenvalue weighted by atomic mass is 9.96. The molecule has 0 radical (unpaired) electrons. The van der Waals surface area contributed by atoms with Gasteiger partial charge in [-0.1, -0.05) is 42.0 Å². The summed E-state index contributed by atoms with van der Waals surface area (Å²) in [7, 11) is 0. The number of carboxylic acids is 8. The predicted molar refractivity (Wildman–Crippen MR) is 196 cm³/mol. The smallest absolute Gasteiger partial charge is 0.373 e. The molecule has 59 heavy (non-hydrogen) atoms. The van der Waals surface area contributed by atoms with Crippen LogP contribution in [0.25, 0.3) is 0 Å². The zero-order valence-electron chi connectivity index (χ0n) is 31.1. The van der Waals surface area contributed by atoms with Crippen LogP contribution in [0.5, 0.6) is 0 Å². The summed E-state index contributed by atoms with van der Waals surface area (Å²) >= 11 is 0. The number of aryl methyl sites for hydroxylation is 1. The third-order valence-electron chi connectivity index (χ3n) is 6.20. The van der Waals surface area contributed by atoms with Crippen LogP contribution in [0.2, 0.25) is 0 Å². The van der Waals surface area contributed by atoms with Gasteiger partial charge in [-0.25, -0.2) is 28.8 Å². The molecule has 0 saturated carbocycles. The van der Waals surface area contributed by atoms with Crippen molar-refractivity contribution in [3.05, 3.63) is 118 Å². The summed E-state index contributed by atoms with van der Waals surface area (Å²) in [4.78, 5) is 119. The number of aliphatic carboxylic acids is 4. The fourth-order valence-corrected chi connectivity index (χ4v) is 3.47. The van der Waals surface area contributed by atoms with Crippen molar-refractivity contribution in [2.45, 2.75) is 39.7 Å². The molecule has 0 amide bonds. The first kappa shape index (κ1) is 55.2. The van der Waals surface area contributed by atoms with Crippen LogP contribution in [-0.4, -0.2) is 118 Å². The molecule has 9 N–H and O–H groups in total. The van der Waals surface area contributed by atoms with Crippen LogP contribution in [0.3, 0.4) is 0 Å². The van der Waals surface area contributed by atoms with Crippen molar-refractivity contribution in [2.75, 3.05) is 0 Å². The van der Waals surface area contributed by atoms with E-state index in [4.69, 9.17) is 55.5 Å². The molecule has 0 saturated heterocycles. The van der Waals surface area contributed by atoms with E-state index in [1.54, 1.807) is 54.6 Å². The van der Waals surface area contributed by atoms with Gasteiger partial charge < -0.3 is 46.0 Å². The van der Waals surface area contributed by atoms with Gasteiger partial charge in [0.05, 0.1) is 34.2 Å². The Kier molecular flexibility index (Phi) is 28.2. The Bertz CT molecular complexity index is 1960. The van der Waals surface area contributed by atoms with Crippen molar-refractivity contribution in [3.8, 4) is 0 Å². The van der Waals surface area contributed by atoms with Crippen LogP contribution in [0, 0.1) is 12.8 Å². The number of carbonyl (C=O) groups excluding carboxylic acids is 4. The average Bonchev–Trinajstić information content (AvgIpc) is 3.14. The first-order valence-electron chi connectivity index (χ1n) is 15.8. The Morgan fingerprint density at radius 2 is 0.983 bits per heavy atom. The first-order valence-corrected chi connectivity index (χ1v) is 15.8. The molecule has 21 heteroatoms. The average molecular weight is 831 g/mol. The van der Waals surface area contributed by atoms with Crippen LogP contribution in [0.15, 0.2) is 90.5 Å². The molecule has 0 spiro atoms. The lowest BCUT2D eigenvalue weighted by Gasteiger charge is -2.13. The Morgan fingerprint density at radius 3 is 1.27 bits per heavy atom. The highest BCUT2D eigenvalue weighted by atomic mass is 16.4. The van der Waals surface area contributed by atoms with Gasteiger partial charge in [0.2, 0.25) is 0 Å². The normalized spacial score (nSPS) is 10.4. The Morgan fingerprint density at radius 1 is 0.593 bits per heavy atom. The summed E-state index contributed by atoms with van der Waals surface area (Å²) in [5, 5.41) is 76.2. The molecule has 21 nitrogen and oxygen atoms in total. The van der Waals surface area contributed by atoms with Crippen LogP contribution in [0.1, 0.15) is 73.7 Å². The number of carbonyl (C=O) groups is 10. The Labute approximate surface area is 332 Å². The largest absolute Gasteiger partial charge is 0.481 e. The number of hydrogen-bond acceptors (Lipinski definition) is 13. The van der Waals surface area contributed by atoms with Crippen molar-refractivity contribution in [1.29, 1.82) is 0 Å². The van der Waals surface area contributed by atoms with Crippen molar-refractivity contribution < 1.29 is 103 Å². The van der Waals surface area contributed by atoms with E-state index in [0.29, 0.717) is 17.2 Å². The molecule has 0 fully saturated rings. The molecule has 2 atom stereocenters. The zero-order chi connectivity index (χ0) is 46.4. The van der Waals surface area contributed by atoms with E-state index in [9.17, 15) is 47.9 Å². The van der Waals surface area contributed by atoms with Crippen molar-refractivity contribution in [1.82, 2.24) is 0 Å². The summed E-state index contributed by atoms with van der Waals surface area (Å²) in [6.07, 6.45) is -2.12. The quantitative estimate of drug-likeness (QED) is 0.112. The third kappa shape index (κ3) is 28.0. The molecule has 2 unspecified atom stereocenters. The summed E-state index contributed by atoms with van der Waals surface area (Å²) in [6.45, 7) is 4.12. The highest BCUT2D eigenvalue weighted by Crippen LogP contribution is 2.11. The molecule has 0 aliphatic carbocycles. The van der Waals surface area contributed by atoms with Gasteiger partial charge >= 0.3 is 53.9 Å². The topological polar surface area (TPSA) is 387 Å². The summed E-state index contributed by atoms with van der Waals surface area (Å²) in [5.74, 6) is -12.3. The van der Waals surface area contributed by atoms with Crippen LogP contribution < -0.4 is 0 Å². The molecule has 316 valence electrons. The molecule has 0 aliphatic rings. The fraction of sp³-hybridized carbons (Fsp3) is 0.184. The van der Waals surface area contributed by atoms with E-state index < -0.39 is 77.6 Å². The van der Waals surface area contributed by atoms with Gasteiger partial charge in [-0.05, 0) is 63.2 Å². The number of hydrogen-bond donors (Lipinski definition) is 9. The van der Waals surface area contributed by atoms with Gasteiger partial charge in [0.1, 0.15) is 17.8 Å². The maximum atomic E-state index is 10.6.